The van der Waals surface area contributed by atoms with Crippen molar-refractivity contribution in [2.45, 2.75) is 33.2 Å². The van der Waals surface area contributed by atoms with Crippen molar-refractivity contribution in [3.05, 3.63) is 47.3 Å². The molecule has 0 aliphatic heterocycles. The first kappa shape index (κ1) is 14.3. The Morgan fingerprint density at radius 3 is 2.60 bits per heavy atom. The molecular weight excluding hydrogens is 252 g/mol. The van der Waals surface area contributed by atoms with Gasteiger partial charge in [0.1, 0.15) is 5.69 Å². The Morgan fingerprint density at radius 1 is 1.30 bits per heavy atom. The van der Waals surface area contributed by atoms with E-state index in [1.54, 1.807) is 18.0 Å². The summed E-state index contributed by atoms with van der Waals surface area (Å²) in [4.78, 5) is 12.4. The second-order valence-electron chi connectivity index (χ2n) is 4.79. The lowest BCUT2D eigenvalue weighted by molar-refractivity contribution is 0.0969. The number of rotatable bonds is 6. The first-order valence-electron chi connectivity index (χ1n) is 6.84. The lowest BCUT2D eigenvalue weighted by atomic mass is 10.0. The van der Waals surface area contributed by atoms with Crippen molar-refractivity contribution < 1.29 is 9.53 Å². The summed E-state index contributed by atoms with van der Waals surface area (Å²) >= 11 is 0. The van der Waals surface area contributed by atoms with Crippen LogP contribution in [0.2, 0.25) is 0 Å². The molecule has 1 heterocycles. The molecule has 20 heavy (non-hydrogen) atoms. The van der Waals surface area contributed by atoms with Crippen LogP contribution in [0.3, 0.4) is 0 Å². The first-order chi connectivity index (χ1) is 9.65. The van der Waals surface area contributed by atoms with Crippen molar-refractivity contribution in [3.63, 3.8) is 0 Å². The van der Waals surface area contributed by atoms with Crippen LogP contribution in [0.1, 0.15) is 35.0 Å². The Morgan fingerprint density at radius 2 is 2.00 bits per heavy atom. The molecule has 0 aliphatic carbocycles. The molecule has 0 fully saturated rings. The number of aromatic nitrogens is 2. The minimum absolute atomic E-state index is 0.0711. The standard InChI is InChI=1S/C16H20N2O2/c1-4-18-16(15(20-3)11-17-18)14(19)10-9-13-7-5-12(2)6-8-13/h5-8,11H,4,9-10H2,1-3H3. The van der Waals surface area contributed by atoms with Gasteiger partial charge in [0.25, 0.3) is 0 Å². The smallest absolute Gasteiger partial charge is 0.185 e. The third-order valence-electron chi connectivity index (χ3n) is 3.35. The van der Waals surface area contributed by atoms with E-state index in [0.29, 0.717) is 24.4 Å². The molecule has 2 rings (SSSR count). The maximum absolute atomic E-state index is 12.4. The van der Waals surface area contributed by atoms with E-state index < -0.39 is 0 Å². The average Bonchev–Trinajstić information content (AvgIpc) is 2.89. The third kappa shape index (κ3) is 3.07. The van der Waals surface area contributed by atoms with Crippen LogP contribution in [-0.2, 0) is 13.0 Å². The van der Waals surface area contributed by atoms with Crippen LogP contribution in [0.15, 0.2) is 30.5 Å². The van der Waals surface area contributed by atoms with Crippen LogP contribution in [0.4, 0.5) is 0 Å². The summed E-state index contributed by atoms with van der Waals surface area (Å²) in [7, 11) is 1.56. The maximum atomic E-state index is 12.4. The van der Waals surface area contributed by atoms with Gasteiger partial charge in [0.05, 0.1) is 13.3 Å². The Hall–Kier alpha value is -2.10. The second kappa shape index (κ2) is 6.37. The summed E-state index contributed by atoms with van der Waals surface area (Å²) in [6, 6.07) is 8.27. The van der Waals surface area contributed by atoms with Gasteiger partial charge in [-0.3, -0.25) is 9.48 Å². The number of benzene rings is 1. The summed E-state index contributed by atoms with van der Waals surface area (Å²) in [6.07, 6.45) is 2.80. The van der Waals surface area contributed by atoms with Crippen molar-refractivity contribution in [2.75, 3.05) is 7.11 Å². The molecule has 0 spiro atoms. The fraction of sp³-hybridized carbons (Fsp3) is 0.375. The van der Waals surface area contributed by atoms with Gasteiger partial charge in [-0.15, -0.1) is 0 Å². The Balaban J connectivity index is 2.08. The van der Waals surface area contributed by atoms with Crippen molar-refractivity contribution in [3.8, 4) is 5.75 Å². The van der Waals surface area contributed by atoms with Crippen LogP contribution >= 0.6 is 0 Å². The Bertz CT molecular complexity index is 564. The Kier molecular flexibility index (Phi) is 4.56. The molecule has 0 saturated heterocycles. The number of carbonyl (C=O) groups excluding carboxylic acids is 1. The lowest BCUT2D eigenvalue weighted by Gasteiger charge is -2.06. The van der Waals surface area contributed by atoms with E-state index in [1.165, 1.54) is 11.1 Å². The van der Waals surface area contributed by atoms with E-state index in [2.05, 4.69) is 36.3 Å². The fourth-order valence-corrected chi connectivity index (χ4v) is 2.17. The van der Waals surface area contributed by atoms with Gasteiger partial charge in [-0.25, -0.2) is 0 Å². The monoisotopic (exact) mass is 272 g/mol. The molecule has 0 N–H and O–H groups in total. The zero-order valence-corrected chi connectivity index (χ0v) is 12.2. The quantitative estimate of drug-likeness (QED) is 0.759. The number of carbonyl (C=O) groups is 1. The van der Waals surface area contributed by atoms with Gasteiger partial charge in [0, 0.05) is 13.0 Å². The number of nitrogens with zero attached hydrogens (tertiary/aromatic N) is 2. The highest BCUT2D eigenvalue weighted by Crippen LogP contribution is 2.20. The molecule has 4 heteroatoms. The highest BCUT2D eigenvalue weighted by Gasteiger charge is 2.18. The minimum Gasteiger partial charge on any atom is -0.493 e. The number of aryl methyl sites for hydroxylation is 3. The Labute approximate surface area is 119 Å². The van der Waals surface area contributed by atoms with Crippen LogP contribution in [0.25, 0.3) is 0 Å². The van der Waals surface area contributed by atoms with Gasteiger partial charge in [0.15, 0.2) is 11.5 Å². The predicted molar refractivity (Wildman–Crippen MR) is 78.3 cm³/mol. The van der Waals surface area contributed by atoms with Gasteiger partial charge in [-0.05, 0) is 25.8 Å². The summed E-state index contributed by atoms with van der Waals surface area (Å²) in [5, 5.41) is 4.16. The fourth-order valence-electron chi connectivity index (χ4n) is 2.17. The number of hydrogen-bond acceptors (Lipinski definition) is 3. The molecule has 0 amide bonds. The first-order valence-corrected chi connectivity index (χ1v) is 6.84. The third-order valence-corrected chi connectivity index (χ3v) is 3.35. The average molecular weight is 272 g/mol. The number of ketones is 1. The summed E-state index contributed by atoms with van der Waals surface area (Å²) in [6.45, 7) is 4.68. The molecule has 0 unspecified atom stereocenters. The van der Waals surface area contributed by atoms with E-state index in [4.69, 9.17) is 4.74 Å². The molecule has 0 atom stereocenters. The normalized spacial score (nSPS) is 10.6. The summed E-state index contributed by atoms with van der Waals surface area (Å²) < 4.78 is 6.90. The van der Waals surface area contributed by atoms with Gasteiger partial charge in [-0.2, -0.15) is 5.10 Å². The molecular formula is C16H20N2O2. The second-order valence-corrected chi connectivity index (χ2v) is 4.79. The molecule has 2 aromatic rings. The van der Waals surface area contributed by atoms with Gasteiger partial charge in [-0.1, -0.05) is 29.8 Å². The number of Topliss-reactive ketones (excluding diaryl/α,β-unsaturated/α-hetero) is 1. The largest absolute Gasteiger partial charge is 0.493 e. The molecule has 0 aliphatic rings. The van der Waals surface area contributed by atoms with Crippen molar-refractivity contribution in [1.29, 1.82) is 0 Å². The minimum atomic E-state index is 0.0711. The zero-order valence-electron chi connectivity index (χ0n) is 12.2. The molecule has 0 radical (unpaired) electrons. The maximum Gasteiger partial charge on any atom is 0.185 e. The predicted octanol–water partition coefficient (Wildman–Crippen LogP) is 3.04. The topological polar surface area (TPSA) is 44.1 Å². The van der Waals surface area contributed by atoms with E-state index in [0.717, 1.165) is 6.42 Å². The summed E-state index contributed by atoms with van der Waals surface area (Å²) in [5.41, 5.74) is 2.97. The highest BCUT2D eigenvalue weighted by molar-refractivity contribution is 5.97. The van der Waals surface area contributed by atoms with Crippen LogP contribution < -0.4 is 4.74 Å². The number of hydrogen-bond donors (Lipinski definition) is 0. The number of methoxy groups -OCH3 is 1. The van der Waals surface area contributed by atoms with Gasteiger partial charge >= 0.3 is 0 Å². The highest BCUT2D eigenvalue weighted by atomic mass is 16.5. The molecule has 0 saturated carbocycles. The summed E-state index contributed by atoms with van der Waals surface area (Å²) in [5.74, 6) is 0.627. The van der Waals surface area contributed by atoms with Crippen molar-refractivity contribution >= 4 is 5.78 Å². The SMILES string of the molecule is CCn1ncc(OC)c1C(=O)CCc1ccc(C)cc1. The van der Waals surface area contributed by atoms with Crippen LogP contribution in [-0.4, -0.2) is 22.7 Å². The molecule has 4 nitrogen and oxygen atoms in total. The zero-order chi connectivity index (χ0) is 14.5. The van der Waals surface area contributed by atoms with Crippen molar-refractivity contribution in [2.24, 2.45) is 0 Å². The van der Waals surface area contributed by atoms with E-state index >= 15 is 0 Å². The lowest BCUT2D eigenvalue weighted by Crippen LogP contribution is -2.11. The molecule has 1 aromatic carbocycles. The van der Waals surface area contributed by atoms with Crippen LogP contribution in [0, 0.1) is 6.92 Å². The van der Waals surface area contributed by atoms with E-state index in [9.17, 15) is 4.79 Å². The van der Waals surface area contributed by atoms with E-state index in [-0.39, 0.29) is 5.78 Å². The number of ether oxygens (including phenoxy) is 1. The molecule has 1 aromatic heterocycles. The van der Waals surface area contributed by atoms with Gasteiger partial charge in [0.2, 0.25) is 0 Å². The molecule has 106 valence electrons. The van der Waals surface area contributed by atoms with Crippen molar-refractivity contribution in [1.82, 2.24) is 9.78 Å². The molecule has 0 bridgehead atoms. The van der Waals surface area contributed by atoms with Gasteiger partial charge < -0.3 is 4.74 Å². The van der Waals surface area contributed by atoms with E-state index in [1.807, 2.05) is 6.92 Å². The van der Waals surface area contributed by atoms with Crippen LogP contribution in [0.5, 0.6) is 5.75 Å².